The zero-order chi connectivity index (χ0) is 22.4. The molecule has 1 saturated heterocycles. The fraction of sp³-hybridized carbons (Fsp3) is 0.154. The quantitative estimate of drug-likeness (QED) is 0.434. The van der Waals surface area contributed by atoms with Gasteiger partial charge >= 0.3 is 0 Å². The predicted octanol–water partition coefficient (Wildman–Crippen LogP) is 5.09. The van der Waals surface area contributed by atoms with E-state index in [-0.39, 0.29) is 18.9 Å². The van der Waals surface area contributed by atoms with Crippen LogP contribution < -0.4 is 19.7 Å². The fourth-order valence-electron chi connectivity index (χ4n) is 4.66. The second kappa shape index (κ2) is 7.94. The van der Waals surface area contributed by atoms with Crippen LogP contribution in [0.1, 0.15) is 29.0 Å². The van der Waals surface area contributed by atoms with Crippen LogP contribution in [-0.4, -0.2) is 21.5 Å². The largest absolute Gasteiger partial charge is 0.454 e. The number of anilines is 1. The lowest BCUT2D eigenvalue weighted by atomic mass is 10.0. The Bertz CT molecular complexity index is 1340. The van der Waals surface area contributed by atoms with Gasteiger partial charge in [-0.15, -0.1) is 0 Å². The number of hydrogen-bond acceptors (Lipinski definition) is 4. The van der Waals surface area contributed by atoms with Crippen molar-refractivity contribution in [2.24, 2.45) is 0 Å². The second-order valence-corrected chi connectivity index (χ2v) is 8.51. The smallest absolute Gasteiger partial charge is 0.231 e. The molecule has 1 fully saturated rings. The second-order valence-electron chi connectivity index (χ2n) is 8.12. The lowest BCUT2D eigenvalue weighted by molar-refractivity contribution is 0.174. The molecule has 0 radical (unpaired) electrons. The van der Waals surface area contributed by atoms with E-state index in [4.69, 9.17) is 21.7 Å². The minimum atomic E-state index is -0.123. The first-order valence-corrected chi connectivity index (χ1v) is 11.2. The summed E-state index contributed by atoms with van der Waals surface area (Å²) in [4.78, 5) is 6.81. The van der Waals surface area contributed by atoms with Crippen LogP contribution >= 0.6 is 12.2 Å². The molecule has 0 amide bonds. The van der Waals surface area contributed by atoms with E-state index in [0.717, 1.165) is 34.3 Å². The van der Waals surface area contributed by atoms with Crippen LogP contribution in [0.15, 0.2) is 85.2 Å². The van der Waals surface area contributed by atoms with Crippen molar-refractivity contribution in [3.8, 4) is 17.2 Å². The molecule has 0 saturated carbocycles. The topological polar surface area (TPSA) is 51.6 Å². The standard InChI is InChI=1S/C26H22N4O2S/c1-17-7-2-3-9-20(17)29-14-6-10-21(29)25-24(19-8-4-5-13-27-19)28-26(33)30(25)18-11-12-22-23(15-18)32-16-31-22/h2-15,24-25H,16H2,1H3,(H,28,33)/t24-,25-/m1/s1. The molecule has 4 heterocycles. The summed E-state index contributed by atoms with van der Waals surface area (Å²) in [6.07, 6.45) is 3.92. The summed E-state index contributed by atoms with van der Waals surface area (Å²) in [7, 11) is 0. The van der Waals surface area contributed by atoms with Crippen molar-refractivity contribution in [3.05, 3.63) is 102 Å². The van der Waals surface area contributed by atoms with Crippen molar-refractivity contribution in [1.82, 2.24) is 14.9 Å². The number of hydrogen-bond donors (Lipinski definition) is 1. The number of thiocarbonyl (C=S) groups is 1. The van der Waals surface area contributed by atoms with E-state index in [9.17, 15) is 0 Å². The first-order chi connectivity index (χ1) is 16.2. The van der Waals surface area contributed by atoms with E-state index in [2.05, 4.69) is 69.3 Å². The first-order valence-electron chi connectivity index (χ1n) is 10.8. The summed E-state index contributed by atoms with van der Waals surface area (Å²) >= 11 is 5.87. The number of pyridine rings is 1. The summed E-state index contributed by atoms with van der Waals surface area (Å²) in [5, 5.41) is 4.17. The van der Waals surface area contributed by atoms with Gasteiger partial charge in [0, 0.05) is 35.5 Å². The number of nitrogens with zero attached hydrogens (tertiary/aromatic N) is 3. The molecule has 164 valence electrons. The number of benzene rings is 2. The van der Waals surface area contributed by atoms with Gasteiger partial charge in [-0.3, -0.25) is 4.98 Å². The van der Waals surface area contributed by atoms with E-state index in [1.165, 1.54) is 5.56 Å². The van der Waals surface area contributed by atoms with Gasteiger partial charge in [0.15, 0.2) is 16.6 Å². The summed E-state index contributed by atoms with van der Waals surface area (Å²) in [6.45, 7) is 2.36. The molecule has 2 aromatic carbocycles. The number of aryl methyl sites for hydroxylation is 1. The van der Waals surface area contributed by atoms with Crippen molar-refractivity contribution >= 4 is 23.0 Å². The van der Waals surface area contributed by atoms with Crippen molar-refractivity contribution < 1.29 is 9.47 Å². The number of fused-ring (bicyclic) bond motifs is 1. The molecule has 0 unspecified atom stereocenters. The molecule has 7 heteroatoms. The minimum Gasteiger partial charge on any atom is -0.454 e. The van der Waals surface area contributed by atoms with Crippen LogP contribution in [0, 0.1) is 6.92 Å². The average molecular weight is 455 g/mol. The van der Waals surface area contributed by atoms with Crippen LogP contribution in [0.5, 0.6) is 11.5 Å². The highest BCUT2D eigenvalue weighted by Gasteiger charge is 2.42. The highest BCUT2D eigenvalue weighted by Crippen LogP contribution is 2.45. The number of nitrogens with one attached hydrogen (secondary N) is 1. The Morgan fingerprint density at radius 2 is 1.82 bits per heavy atom. The van der Waals surface area contributed by atoms with E-state index >= 15 is 0 Å². The molecule has 0 aliphatic carbocycles. The predicted molar refractivity (Wildman–Crippen MR) is 131 cm³/mol. The van der Waals surface area contributed by atoms with E-state index < -0.39 is 0 Å². The summed E-state index contributed by atoms with van der Waals surface area (Å²) in [5.74, 6) is 1.47. The molecule has 0 bridgehead atoms. The number of ether oxygens (including phenoxy) is 2. The van der Waals surface area contributed by atoms with Crippen LogP contribution in [0.3, 0.4) is 0 Å². The van der Waals surface area contributed by atoms with Gasteiger partial charge in [0.05, 0.1) is 11.7 Å². The van der Waals surface area contributed by atoms with Crippen molar-refractivity contribution in [3.63, 3.8) is 0 Å². The average Bonchev–Trinajstić information content (AvgIpc) is 3.57. The number of para-hydroxylation sites is 1. The summed E-state index contributed by atoms with van der Waals surface area (Å²) in [6, 6.07) is 24.3. The Morgan fingerprint density at radius 3 is 2.67 bits per heavy atom. The van der Waals surface area contributed by atoms with Gasteiger partial charge in [-0.1, -0.05) is 24.3 Å². The van der Waals surface area contributed by atoms with Gasteiger partial charge in [0.2, 0.25) is 6.79 Å². The highest BCUT2D eigenvalue weighted by molar-refractivity contribution is 7.80. The lowest BCUT2D eigenvalue weighted by Crippen LogP contribution is -2.30. The maximum atomic E-state index is 5.87. The van der Waals surface area contributed by atoms with Gasteiger partial charge in [0.25, 0.3) is 0 Å². The Balaban J connectivity index is 1.52. The molecule has 2 aliphatic rings. The Kier molecular flexibility index (Phi) is 4.77. The van der Waals surface area contributed by atoms with Crippen LogP contribution in [-0.2, 0) is 0 Å². The van der Waals surface area contributed by atoms with Gasteiger partial charge in [-0.25, -0.2) is 0 Å². The molecule has 2 atom stereocenters. The van der Waals surface area contributed by atoms with Gasteiger partial charge in [0.1, 0.15) is 6.04 Å². The summed E-state index contributed by atoms with van der Waals surface area (Å²) < 4.78 is 13.4. The lowest BCUT2D eigenvalue weighted by Gasteiger charge is -2.29. The van der Waals surface area contributed by atoms with E-state index in [0.29, 0.717) is 5.11 Å². The van der Waals surface area contributed by atoms with Crippen LogP contribution in [0.25, 0.3) is 5.69 Å². The van der Waals surface area contributed by atoms with E-state index in [1.807, 2.05) is 42.6 Å². The molecule has 4 aromatic rings. The molecule has 1 N–H and O–H groups in total. The number of rotatable bonds is 4. The van der Waals surface area contributed by atoms with Gasteiger partial charge in [-0.05, 0) is 67.2 Å². The fourth-order valence-corrected chi connectivity index (χ4v) is 5.00. The zero-order valence-electron chi connectivity index (χ0n) is 18.0. The third-order valence-corrected chi connectivity index (χ3v) is 6.51. The Hall–Kier alpha value is -3.84. The third kappa shape index (κ3) is 3.32. The molecular formula is C26H22N4O2S. The monoisotopic (exact) mass is 454 g/mol. The molecule has 0 spiro atoms. The van der Waals surface area contributed by atoms with Gasteiger partial charge in [-0.2, -0.15) is 0 Å². The van der Waals surface area contributed by atoms with Crippen molar-refractivity contribution in [2.75, 3.05) is 11.7 Å². The zero-order valence-corrected chi connectivity index (χ0v) is 18.8. The molecule has 6 rings (SSSR count). The highest BCUT2D eigenvalue weighted by atomic mass is 32.1. The summed E-state index contributed by atoms with van der Waals surface area (Å²) in [5.41, 5.74) is 5.33. The molecule has 2 aliphatic heterocycles. The molecular weight excluding hydrogens is 432 g/mol. The van der Waals surface area contributed by atoms with Crippen molar-refractivity contribution in [1.29, 1.82) is 0 Å². The Labute approximate surface area is 197 Å². The maximum absolute atomic E-state index is 5.87. The third-order valence-electron chi connectivity index (χ3n) is 6.19. The minimum absolute atomic E-state index is 0.123. The maximum Gasteiger partial charge on any atom is 0.231 e. The normalized spacial score (nSPS) is 19.1. The van der Waals surface area contributed by atoms with E-state index in [1.54, 1.807) is 0 Å². The van der Waals surface area contributed by atoms with Crippen LogP contribution in [0.2, 0.25) is 0 Å². The Morgan fingerprint density at radius 1 is 0.970 bits per heavy atom. The number of aromatic nitrogens is 2. The first kappa shape index (κ1) is 19.8. The van der Waals surface area contributed by atoms with Crippen molar-refractivity contribution in [2.45, 2.75) is 19.0 Å². The van der Waals surface area contributed by atoms with Crippen LogP contribution in [0.4, 0.5) is 5.69 Å². The van der Waals surface area contributed by atoms with Gasteiger partial charge < -0.3 is 24.3 Å². The SMILES string of the molecule is Cc1ccccc1-n1cccc1[C@@H]1[C@@H](c2ccccn2)NC(=S)N1c1ccc2c(c1)OCO2. The molecule has 2 aromatic heterocycles. The molecule has 33 heavy (non-hydrogen) atoms. The molecule has 6 nitrogen and oxygen atoms in total.